The van der Waals surface area contributed by atoms with Crippen LogP contribution in [-0.4, -0.2) is 19.1 Å². The molecule has 0 unspecified atom stereocenters. The normalized spacial score (nSPS) is 20.7. The Labute approximate surface area is 132 Å². The zero-order valence-corrected chi connectivity index (χ0v) is 13.3. The Kier molecular flexibility index (Phi) is 7.54. The first-order chi connectivity index (χ1) is 9.74. The Hall–Kier alpha value is -1.26. The standard InChI is InChI=1S/C16H24N2O2.ClH/c1-2-20-14-7-3-5-12(9-14)11-18-16(19)15-8-4-6-13(15)10-17;/h3,5,7,9,13,15H,2,4,6,8,10-11,17H2,1H3,(H,18,19);1H/t13-,15-;/m1./s1. The highest BCUT2D eigenvalue weighted by molar-refractivity contribution is 5.85. The summed E-state index contributed by atoms with van der Waals surface area (Å²) in [5.74, 6) is 1.43. The van der Waals surface area contributed by atoms with Crippen molar-refractivity contribution < 1.29 is 9.53 Å². The van der Waals surface area contributed by atoms with Gasteiger partial charge in [-0.2, -0.15) is 0 Å². The molecule has 2 rings (SSSR count). The highest BCUT2D eigenvalue weighted by Gasteiger charge is 2.31. The van der Waals surface area contributed by atoms with Crippen molar-refractivity contribution in [3.05, 3.63) is 29.8 Å². The molecule has 21 heavy (non-hydrogen) atoms. The number of halogens is 1. The minimum atomic E-state index is 0. The molecule has 0 spiro atoms. The largest absolute Gasteiger partial charge is 0.494 e. The van der Waals surface area contributed by atoms with Crippen LogP contribution in [0.5, 0.6) is 5.75 Å². The molecule has 1 saturated carbocycles. The molecule has 0 heterocycles. The molecule has 1 aromatic carbocycles. The van der Waals surface area contributed by atoms with E-state index in [-0.39, 0.29) is 24.2 Å². The summed E-state index contributed by atoms with van der Waals surface area (Å²) >= 11 is 0. The van der Waals surface area contributed by atoms with Crippen LogP contribution in [0, 0.1) is 11.8 Å². The van der Waals surface area contributed by atoms with Gasteiger partial charge in [0.1, 0.15) is 5.75 Å². The molecular formula is C16H25ClN2O2. The zero-order chi connectivity index (χ0) is 14.4. The fourth-order valence-corrected chi connectivity index (χ4v) is 2.90. The molecular weight excluding hydrogens is 288 g/mol. The van der Waals surface area contributed by atoms with Crippen LogP contribution in [0.1, 0.15) is 31.7 Å². The van der Waals surface area contributed by atoms with Crippen LogP contribution in [-0.2, 0) is 11.3 Å². The van der Waals surface area contributed by atoms with Crippen LogP contribution in [0.25, 0.3) is 0 Å². The minimum absolute atomic E-state index is 0. The van der Waals surface area contributed by atoms with Crippen molar-refractivity contribution in [1.29, 1.82) is 0 Å². The maximum Gasteiger partial charge on any atom is 0.223 e. The lowest BCUT2D eigenvalue weighted by molar-refractivity contribution is -0.126. The van der Waals surface area contributed by atoms with E-state index in [1.54, 1.807) is 0 Å². The Morgan fingerprint density at radius 1 is 1.43 bits per heavy atom. The lowest BCUT2D eigenvalue weighted by atomic mass is 9.95. The molecule has 2 atom stereocenters. The number of nitrogens with one attached hydrogen (secondary N) is 1. The van der Waals surface area contributed by atoms with Crippen molar-refractivity contribution in [3.63, 3.8) is 0 Å². The van der Waals surface area contributed by atoms with Crippen LogP contribution < -0.4 is 15.8 Å². The Bertz CT molecular complexity index is 454. The Morgan fingerprint density at radius 3 is 2.95 bits per heavy atom. The molecule has 0 radical (unpaired) electrons. The minimum Gasteiger partial charge on any atom is -0.494 e. The second-order valence-corrected chi connectivity index (χ2v) is 5.33. The third-order valence-electron chi connectivity index (χ3n) is 3.97. The average Bonchev–Trinajstić information content (AvgIpc) is 2.94. The van der Waals surface area contributed by atoms with E-state index in [0.717, 1.165) is 30.6 Å². The van der Waals surface area contributed by atoms with Gasteiger partial charge in [0.25, 0.3) is 0 Å². The Morgan fingerprint density at radius 2 is 2.24 bits per heavy atom. The Balaban J connectivity index is 0.00000220. The van der Waals surface area contributed by atoms with Crippen LogP contribution >= 0.6 is 12.4 Å². The van der Waals surface area contributed by atoms with E-state index in [1.165, 1.54) is 0 Å². The van der Waals surface area contributed by atoms with Crippen molar-refractivity contribution >= 4 is 18.3 Å². The monoisotopic (exact) mass is 312 g/mol. The van der Waals surface area contributed by atoms with E-state index in [4.69, 9.17) is 10.5 Å². The maximum atomic E-state index is 12.2. The zero-order valence-electron chi connectivity index (χ0n) is 12.5. The average molecular weight is 313 g/mol. The van der Waals surface area contributed by atoms with E-state index < -0.39 is 0 Å². The van der Waals surface area contributed by atoms with Gasteiger partial charge in [0.15, 0.2) is 0 Å². The number of hydrogen-bond acceptors (Lipinski definition) is 3. The van der Waals surface area contributed by atoms with E-state index in [2.05, 4.69) is 5.32 Å². The number of rotatable bonds is 6. The van der Waals surface area contributed by atoms with Crippen molar-refractivity contribution in [3.8, 4) is 5.75 Å². The highest BCUT2D eigenvalue weighted by Crippen LogP contribution is 2.31. The first-order valence-corrected chi connectivity index (χ1v) is 7.44. The molecule has 118 valence electrons. The molecule has 0 saturated heterocycles. The predicted octanol–water partition coefficient (Wildman–Crippen LogP) is 2.50. The molecule has 3 N–H and O–H groups in total. The third-order valence-corrected chi connectivity index (χ3v) is 3.97. The fourth-order valence-electron chi connectivity index (χ4n) is 2.90. The second kappa shape index (κ2) is 8.90. The number of benzene rings is 1. The van der Waals surface area contributed by atoms with Crippen LogP contribution in [0.4, 0.5) is 0 Å². The van der Waals surface area contributed by atoms with E-state index in [0.29, 0.717) is 25.6 Å². The number of carbonyl (C=O) groups is 1. The molecule has 0 bridgehead atoms. The van der Waals surface area contributed by atoms with Gasteiger partial charge in [0.05, 0.1) is 6.61 Å². The number of ether oxygens (including phenoxy) is 1. The molecule has 1 fully saturated rings. The van der Waals surface area contributed by atoms with Gasteiger partial charge in [-0.05, 0) is 49.9 Å². The van der Waals surface area contributed by atoms with Gasteiger partial charge in [-0.1, -0.05) is 18.6 Å². The predicted molar refractivity (Wildman–Crippen MR) is 86.6 cm³/mol. The lowest BCUT2D eigenvalue weighted by Crippen LogP contribution is -2.34. The number of carbonyl (C=O) groups excluding carboxylic acids is 1. The van der Waals surface area contributed by atoms with Crippen molar-refractivity contribution in [1.82, 2.24) is 5.32 Å². The highest BCUT2D eigenvalue weighted by atomic mass is 35.5. The van der Waals surface area contributed by atoms with Crippen LogP contribution in [0.3, 0.4) is 0 Å². The molecule has 5 heteroatoms. The first-order valence-electron chi connectivity index (χ1n) is 7.44. The fraction of sp³-hybridized carbons (Fsp3) is 0.562. The van der Waals surface area contributed by atoms with Crippen LogP contribution in [0.2, 0.25) is 0 Å². The van der Waals surface area contributed by atoms with Crippen molar-refractivity contribution in [2.45, 2.75) is 32.7 Å². The summed E-state index contributed by atoms with van der Waals surface area (Å²) in [7, 11) is 0. The van der Waals surface area contributed by atoms with E-state index in [9.17, 15) is 4.79 Å². The molecule has 1 aromatic rings. The molecule has 0 aliphatic heterocycles. The van der Waals surface area contributed by atoms with Gasteiger partial charge >= 0.3 is 0 Å². The van der Waals surface area contributed by atoms with Gasteiger partial charge < -0.3 is 15.8 Å². The maximum absolute atomic E-state index is 12.2. The summed E-state index contributed by atoms with van der Waals surface area (Å²) in [5, 5.41) is 3.02. The van der Waals surface area contributed by atoms with Gasteiger partial charge in [-0.15, -0.1) is 12.4 Å². The SMILES string of the molecule is CCOc1cccc(CNC(=O)[C@@H]2CCC[C@@H]2CN)c1.Cl. The smallest absolute Gasteiger partial charge is 0.223 e. The summed E-state index contributed by atoms with van der Waals surface area (Å²) in [5.41, 5.74) is 6.79. The topological polar surface area (TPSA) is 64.3 Å². The van der Waals surface area contributed by atoms with Gasteiger partial charge in [-0.3, -0.25) is 4.79 Å². The third kappa shape index (κ3) is 4.90. The molecule has 1 amide bonds. The van der Waals surface area contributed by atoms with E-state index >= 15 is 0 Å². The van der Waals surface area contributed by atoms with Gasteiger partial charge in [-0.25, -0.2) is 0 Å². The van der Waals surface area contributed by atoms with E-state index in [1.807, 2.05) is 31.2 Å². The van der Waals surface area contributed by atoms with Crippen molar-refractivity contribution in [2.75, 3.05) is 13.2 Å². The molecule has 1 aliphatic rings. The second-order valence-electron chi connectivity index (χ2n) is 5.33. The van der Waals surface area contributed by atoms with Crippen molar-refractivity contribution in [2.24, 2.45) is 17.6 Å². The quantitative estimate of drug-likeness (QED) is 0.848. The van der Waals surface area contributed by atoms with Gasteiger partial charge in [0.2, 0.25) is 5.91 Å². The first kappa shape index (κ1) is 17.8. The number of hydrogen-bond donors (Lipinski definition) is 2. The summed E-state index contributed by atoms with van der Waals surface area (Å²) < 4.78 is 5.46. The lowest BCUT2D eigenvalue weighted by Gasteiger charge is -2.17. The summed E-state index contributed by atoms with van der Waals surface area (Å²) in [6, 6.07) is 7.84. The number of amides is 1. The van der Waals surface area contributed by atoms with Gasteiger partial charge in [0, 0.05) is 12.5 Å². The molecule has 4 nitrogen and oxygen atoms in total. The summed E-state index contributed by atoms with van der Waals surface area (Å²) in [6.45, 7) is 3.77. The number of nitrogens with two attached hydrogens (primary N) is 1. The summed E-state index contributed by atoms with van der Waals surface area (Å²) in [6.07, 6.45) is 3.15. The molecule has 1 aliphatic carbocycles. The van der Waals surface area contributed by atoms with Crippen LogP contribution in [0.15, 0.2) is 24.3 Å². The summed E-state index contributed by atoms with van der Waals surface area (Å²) in [4.78, 5) is 12.2. The molecule has 0 aromatic heterocycles.